The second kappa shape index (κ2) is 10.1. The van der Waals surface area contributed by atoms with E-state index in [4.69, 9.17) is 0 Å². The normalized spacial score (nSPS) is 9.16. The zero-order valence-corrected chi connectivity index (χ0v) is 11.6. The smallest absolute Gasteiger partial charge is 0.241 e. The van der Waals surface area contributed by atoms with Gasteiger partial charge in [0, 0.05) is 27.4 Å². The summed E-state index contributed by atoms with van der Waals surface area (Å²) in [5.74, 6) is -0.291. The van der Waals surface area contributed by atoms with Gasteiger partial charge in [0.05, 0.1) is 16.1 Å². The average molecular weight is 276 g/mol. The number of hydrogen-bond acceptors (Lipinski definition) is 6. The summed E-state index contributed by atoms with van der Waals surface area (Å²) in [5.41, 5.74) is -0.465. The van der Waals surface area contributed by atoms with E-state index in [1.54, 1.807) is 20.9 Å². The molecule has 0 heterocycles. The van der Waals surface area contributed by atoms with Crippen LogP contribution in [-0.4, -0.2) is 41.3 Å². The van der Waals surface area contributed by atoms with Gasteiger partial charge in [0.2, 0.25) is 5.91 Å². The van der Waals surface area contributed by atoms with Crippen molar-refractivity contribution in [1.82, 2.24) is 10.0 Å². The van der Waals surface area contributed by atoms with Crippen LogP contribution in [0.3, 0.4) is 0 Å². The molecule has 0 aliphatic rings. The third-order valence-corrected chi connectivity index (χ3v) is 2.26. The monoisotopic (exact) mass is 276 g/mol. The molecule has 0 bridgehead atoms. The first kappa shape index (κ1) is 22.3. The summed E-state index contributed by atoms with van der Waals surface area (Å²) >= 11 is 0. The number of ketones is 1. The zero-order valence-electron chi connectivity index (χ0n) is 11.6. The van der Waals surface area contributed by atoms with Gasteiger partial charge in [0.15, 0.2) is 0 Å². The van der Waals surface area contributed by atoms with Crippen LogP contribution in [0.1, 0.15) is 41.5 Å². The van der Waals surface area contributed by atoms with Crippen LogP contribution in [0.25, 0.3) is 0 Å². The third kappa shape index (κ3) is 11.0. The molecule has 8 nitrogen and oxygen atoms in total. The molecular formula is C11H24N4O4. The number of amides is 1. The van der Waals surface area contributed by atoms with Crippen molar-refractivity contribution in [1.29, 1.82) is 0 Å². The second-order valence-corrected chi connectivity index (χ2v) is 4.42. The molecule has 19 heavy (non-hydrogen) atoms. The van der Waals surface area contributed by atoms with Gasteiger partial charge in [-0.3, -0.25) is 14.6 Å². The summed E-state index contributed by atoms with van der Waals surface area (Å²) in [4.78, 5) is 40.2. The first-order valence-corrected chi connectivity index (χ1v) is 5.22. The Morgan fingerprint density at radius 3 is 1.63 bits per heavy atom. The van der Waals surface area contributed by atoms with Crippen molar-refractivity contribution >= 4 is 11.7 Å². The van der Waals surface area contributed by atoms with Crippen LogP contribution in [0.2, 0.25) is 0 Å². The highest BCUT2D eigenvalue weighted by Gasteiger charge is 2.25. The van der Waals surface area contributed by atoms with E-state index in [0.717, 1.165) is 5.01 Å². The molecule has 0 saturated heterocycles. The molecule has 0 aromatic heterocycles. The molecule has 112 valence electrons. The van der Waals surface area contributed by atoms with Crippen molar-refractivity contribution in [3.63, 3.8) is 0 Å². The molecule has 0 aromatic carbocycles. The number of rotatable bonds is 5. The maximum Gasteiger partial charge on any atom is 0.241 e. The van der Waals surface area contributed by atoms with Crippen LogP contribution < -0.4 is 0 Å². The molecule has 1 amide bonds. The summed E-state index contributed by atoms with van der Waals surface area (Å²) in [6.07, 6.45) is 0.342. The predicted molar refractivity (Wildman–Crippen MR) is 73.9 cm³/mol. The number of hydrogen-bond donors (Lipinski definition) is 0. The molecule has 0 fully saturated rings. The Balaban J connectivity index is -0.000000280. The molecule has 0 N–H and O–H groups in total. The highest BCUT2D eigenvalue weighted by molar-refractivity contribution is 5.76. The van der Waals surface area contributed by atoms with Gasteiger partial charge in [-0.05, 0) is 20.8 Å². The van der Waals surface area contributed by atoms with Gasteiger partial charge in [-0.25, -0.2) is 5.01 Å². The molecule has 0 aliphatic carbocycles. The van der Waals surface area contributed by atoms with Gasteiger partial charge in [0.1, 0.15) is 5.78 Å². The van der Waals surface area contributed by atoms with E-state index in [9.17, 15) is 19.4 Å². The number of nitrogens with zero attached hydrogens (tertiary/aromatic N) is 4. The summed E-state index contributed by atoms with van der Waals surface area (Å²) < 4.78 is 0. The molecule has 0 spiro atoms. The highest BCUT2D eigenvalue weighted by Crippen LogP contribution is 2.16. The van der Waals surface area contributed by atoms with E-state index < -0.39 is 5.54 Å². The van der Waals surface area contributed by atoms with Crippen molar-refractivity contribution in [2.45, 2.75) is 47.1 Å². The van der Waals surface area contributed by atoms with Crippen LogP contribution in [-0.2, 0) is 9.59 Å². The lowest BCUT2D eigenvalue weighted by atomic mass is 9.98. The van der Waals surface area contributed by atoms with Crippen LogP contribution in [0.5, 0.6) is 0 Å². The highest BCUT2D eigenvalue weighted by atomic mass is 16.3. The van der Waals surface area contributed by atoms with Crippen molar-refractivity contribution < 1.29 is 9.59 Å². The van der Waals surface area contributed by atoms with E-state index in [0.29, 0.717) is 6.42 Å². The Labute approximate surface area is 114 Å². The number of Topliss-reactive ketones (excluding diaryl/α,β-unsaturated/α-hetero) is 1. The molecule has 0 unspecified atom stereocenters. The summed E-state index contributed by atoms with van der Waals surface area (Å²) in [6.45, 7) is 6.37. The molecule has 8 heteroatoms. The van der Waals surface area contributed by atoms with Crippen LogP contribution in [0, 0.1) is 9.81 Å². The SMILES string of the molecule is C.CC(=O)CC(C)(C)N(C)N=O.CC(=O)N(C)N=O. The molecule has 0 atom stereocenters. The topological polar surface area (TPSA) is 99.5 Å². The van der Waals surface area contributed by atoms with Crippen LogP contribution in [0.15, 0.2) is 10.6 Å². The fourth-order valence-corrected chi connectivity index (χ4v) is 0.892. The quantitative estimate of drug-likeness (QED) is 0.565. The van der Waals surface area contributed by atoms with E-state index in [-0.39, 0.29) is 19.1 Å². The van der Waals surface area contributed by atoms with Crippen molar-refractivity contribution in [2.75, 3.05) is 14.1 Å². The fraction of sp³-hybridized carbons (Fsp3) is 0.818. The molecule has 0 saturated carbocycles. The largest absolute Gasteiger partial charge is 0.300 e. The summed E-state index contributed by atoms with van der Waals surface area (Å²) in [7, 11) is 2.87. The minimum atomic E-state index is -0.465. The lowest BCUT2D eigenvalue weighted by molar-refractivity contribution is -0.127. The first-order chi connectivity index (χ1) is 8.08. The van der Waals surface area contributed by atoms with Gasteiger partial charge in [0.25, 0.3) is 0 Å². The molecule has 0 aliphatic heterocycles. The molecule has 0 radical (unpaired) electrons. The fourth-order valence-electron chi connectivity index (χ4n) is 0.892. The number of carbonyl (C=O) groups excluding carboxylic acids is 2. The number of nitroso groups, excluding NO2 is 2. The maximum atomic E-state index is 10.7. The predicted octanol–water partition coefficient (Wildman–Crippen LogP) is 2.14. The molecule has 0 aromatic rings. The first-order valence-electron chi connectivity index (χ1n) is 5.22. The van der Waals surface area contributed by atoms with Gasteiger partial charge in [-0.1, -0.05) is 7.43 Å². The van der Waals surface area contributed by atoms with Gasteiger partial charge >= 0.3 is 0 Å². The van der Waals surface area contributed by atoms with Gasteiger partial charge in [-0.2, -0.15) is 0 Å². The van der Waals surface area contributed by atoms with Crippen molar-refractivity contribution in [3.8, 4) is 0 Å². The van der Waals surface area contributed by atoms with E-state index >= 15 is 0 Å². The Morgan fingerprint density at radius 1 is 1.05 bits per heavy atom. The number of carbonyl (C=O) groups is 2. The second-order valence-electron chi connectivity index (χ2n) is 4.42. The summed E-state index contributed by atoms with van der Waals surface area (Å²) in [5, 5.41) is 7.05. The van der Waals surface area contributed by atoms with Crippen molar-refractivity contribution in [3.05, 3.63) is 9.81 Å². The molecule has 0 rings (SSSR count). The average Bonchev–Trinajstić information content (AvgIpc) is 2.25. The lowest BCUT2D eigenvalue weighted by Gasteiger charge is -2.29. The Kier molecular flexibility index (Phi) is 11.9. The minimum Gasteiger partial charge on any atom is -0.300 e. The standard InChI is InChI=1S/C7H14N2O2.C3H6N2O2.CH4/c1-6(10)5-7(2,3)9(4)8-11;1-3(6)5(2)4-7;/h5H2,1-4H3;1-2H3;1H4. The van der Waals surface area contributed by atoms with E-state index in [1.165, 1.54) is 25.9 Å². The molecular weight excluding hydrogens is 252 g/mol. The maximum absolute atomic E-state index is 10.7. The van der Waals surface area contributed by atoms with Gasteiger partial charge in [-0.15, -0.1) is 9.81 Å². The van der Waals surface area contributed by atoms with Crippen LogP contribution in [0.4, 0.5) is 0 Å². The Morgan fingerprint density at radius 2 is 1.47 bits per heavy atom. The Hall–Kier alpha value is -1.86. The summed E-state index contributed by atoms with van der Waals surface area (Å²) in [6, 6.07) is 0. The van der Waals surface area contributed by atoms with Crippen LogP contribution >= 0.6 is 0 Å². The van der Waals surface area contributed by atoms with Gasteiger partial charge < -0.3 is 0 Å². The Bertz CT molecular complexity index is 318. The lowest BCUT2D eigenvalue weighted by Crippen LogP contribution is -2.38. The minimum absolute atomic E-state index is 0. The third-order valence-electron chi connectivity index (χ3n) is 2.26. The zero-order chi connectivity index (χ0) is 14.9. The van der Waals surface area contributed by atoms with Crippen molar-refractivity contribution in [2.24, 2.45) is 10.6 Å². The van der Waals surface area contributed by atoms with E-state index in [2.05, 4.69) is 10.6 Å². The van der Waals surface area contributed by atoms with E-state index in [1.807, 2.05) is 0 Å².